The summed E-state index contributed by atoms with van der Waals surface area (Å²) in [4.78, 5) is 21.1. The lowest BCUT2D eigenvalue weighted by Gasteiger charge is -2.10. The Balaban J connectivity index is 1.83. The van der Waals surface area contributed by atoms with Gasteiger partial charge in [-0.25, -0.2) is 9.97 Å². The monoisotopic (exact) mass is 393 g/mol. The molecule has 1 amide bonds. The summed E-state index contributed by atoms with van der Waals surface area (Å²) in [5.41, 5.74) is 2.30. The first-order valence-corrected chi connectivity index (χ1v) is 8.64. The van der Waals surface area contributed by atoms with Crippen LogP contribution >= 0.6 is 11.6 Å². The Hall–Kier alpha value is -3.63. The summed E-state index contributed by atoms with van der Waals surface area (Å²) in [6.45, 7) is 1.75. The maximum absolute atomic E-state index is 12.6. The Labute approximate surface area is 167 Å². The van der Waals surface area contributed by atoms with Crippen molar-refractivity contribution in [1.29, 1.82) is 5.26 Å². The number of carbonyl (C=O) groups excluding carboxylic acids is 1. The van der Waals surface area contributed by atoms with Gasteiger partial charge < -0.3 is 15.4 Å². The number of halogens is 1. The minimum absolute atomic E-state index is 0.177. The van der Waals surface area contributed by atoms with Crippen LogP contribution in [-0.4, -0.2) is 23.0 Å². The Bertz CT molecular complexity index is 1080. The number of nitrogens with one attached hydrogen (secondary N) is 2. The minimum atomic E-state index is -0.414. The Morgan fingerprint density at radius 1 is 1.18 bits per heavy atom. The highest BCUT2D eigenvalue weighted by Gasteiger charge is 2.13. The number of methoxy groups -OCH3 is 1. The van der Waals surface area contributed by atoms with Crippen molar-refractivity contribution in [1.82, 2.24) is 9.97 Å². The van der Waals surface area contributed by atoms with Crippen molar-refractivity contribution in [2.75, 3.05) is 17.7 Å². The highest BCUT2D eigenvalue weighted by Crippen LogP contribution is 2.27. The molecule has 0 saturated heterocycles. The molecule has 0 unspecified atom stereocenters. The largest absolute Gasteiger partial charge is 0.495 e. The number of aromatic nitrogens is 2. The summed E-state index contributed by atoms with van der Waals surface area (Å²) in [6.07, 6.45) is 0. The zero-order valence-electron chi connectivity index (χ0n) is 15.2. The molecule has 7 nitrogen and oxygen atoms in total. The van der Waals surface area contributed by atoms with Crippen LogP contribution < -0.4 is 15.4 Å². The number of para-hydroxylation sites is 1. The van der Waals surface area contributed by atoms with Gasteiger partial charge in [0.05, 0.1) is 23.4 Å². The third kappa shape index (κ3) is 4.37. The molecule has 0 aliphatic heterocycles. The van der Waals surface area contributed by atoms with E-state index in [1.807, 2.05) is 0 Å². The van der Waals surface area contributed by atoms with Crippen molar-refractivity contribution >= 4 is 34.8 Å². The second-order valence-corrected chi connectivity index (χ2v) is 6.21. The molecule has 2 N–H and O–H groups in total. The first kappa shape index (κ1) is 19.1. The highest BCUT2D eigenvalue weighted by atomic mass is 35.5. The number of benzene rings is 2. The quantitative estimate of drug-likeness (QED) is 0.669. The molecule has 8 heteroatoms. The summed E-state index contributed by atoms with van der Waals surface area (Å²) in [7, 11) is 1.52. The molecule has 0 fully saturated rings. The van der Waals surface area contributed by atoms with E-state index in [0.29, 0.717) is 33.4 Å². The van der Waals surface area contributed by atoms with Gasteiger partial charge in [0.1, 0.15) is 17.5 Å². The van der Waals surface area contributed by atoms with E-state index in [0.717, 1.165) is 0 Å². The van der Waals surface area contributed by atoms with E-state index in [4.69, 9.17) is 16.3 Å². The fourth-order valence-electron chi connectivity index (χ4n) is 2.49. The summed E-state index contributed by atoms with van der Waals surface area (Å²) in [5, 5.41) is 15.3. The molecular weight excluding hydrogens is 378 g/mol. The second kappa shape index (κ2) is 8.37. The predicted molar refractivity (Wildman–Crippen MR) is 107 cm³/mol. The molecule has 0 saturated carbocycles. The summed E-state index contributed by atoms with van der Waals surface area (Å²) in [6, 6.07) is 15.6. The van der Waals surface area contributed by atoms with Crippen LogP contribution in [0.5, 0.6) is 5.75 Å². The maximum atomic E-state index is 12.6. The van der Waals surface area contributed by atoms with Crippen LogP contribution in [0.25, 0.3) is 0 Å². The number of nitriles is 1. The lowest BCUT2D eigenvalue weighted by molar-refractivity contribution is 0.102. The minimum Gasteiger partial charge on any atom is -0.495 e. The van der Waals surface area contributed by atoms with Gasteiger partial charge in [0.2, 0.25) is 5.95 Å². The molecule has 140 valence electrons. The second-order valence-electron chi connectivity index (χ2n) is 5.80. The first-order valence-electron chi connectivity index (χ1n) is 8.27. The molecule has 3 rings (SSSR count). The molecule has 3 aromatic rings. The summed E-state index contributed by atoms with van der Waals surface area (Å²) < 4.78 is 5.10. The molecule has 0 atom stereocenters. The maximum Gasteiger partial charge on any atom is 0.274 e. The van der Waals surface area contributed by atoms with Crippen LogP contribution in [-0.2, 0) is 0 Å². The lowest BCUT2D eigenvalue weighted by atomic mass is 10.2. The van der Waals surface area contributed by atoms with Crippen molar-refractivity contribution < 1.29 is 9.53 Å². The third-order valence-electron chi connectivity index (χ3n) is 3.79. The zero-order valence-corrected chi connectivity index (χ0v) is 15.9. The van der Waals surface area contributed by atoms with Gasteiger partial charge in [-0.15, -0.1) is 0 Å². The zero-order chi connectivity index (χ0) is 20.1. The van der Waals surface area contributed by atoms with E-state index >= 15 is 0 Å². The molecule has 0 radical (unpaired) electrons. The van der Waals surface area contributed by atoms with Crippen LogP contribution in [0.1, 0.15) is 21.7 Å². The lowest BCUT2D eigenvalue weighted by Crippen LogP contribution is -2.15. The van der Waals surface area contributed by atoms with Gasteiger partial charge in [-0.05, 0) is 43.3 Å². The van der Waals surface area contributed by atoms with E-state index in [1.165, 1.54) is 7.11 Å². The Kier molecular flexibility index (Phi) is 5.72. The van der Waals surface area contributed by atoms with Gasteiger partial charge in [-0.2, -0.15) is 5.26 Å². The fraction of sp³-hybridized carbons (Fsp3) is 0.100. The van der Waals surface area contributed by atoms with Crippen LogP contribution in [0.2, 0.25) is 5.02 Å². The van der Waals surface area contributed by atoms with Crippen molar-refractivity contribution in [2.45, 2.75) is 6.92 Å². The number of ether oxygens (including phenoxy) is 1. The van der Waals surface area contributed by atoms with E-state index in [-0.39, 0.29) is 11.6 Å². The number of anilines is 3. The fourth-order valence-corrected chi connectivity index (χ4v) is 2.75. The van der Waals surface area contributed by atoms with Crippen molar-refractivity contribution in [3.05, 3.63) is 70.5 Å². The van der Waals surface area contributed by atoms with Gasteiger partial charge in [0.25, 0.3) is 5.91 Å². The first-order chi connectivity index (χ1) is 13.5. The molecule has 2 aromatic carbocycles. The van der Waals surface area contributed by atoms with Gasteiger partial charge in [-0.3, -0.25) is 4.79 Å². The van der Waals surface area contributed by atoms with Crippen LogP contribution in [0.15, 0.2) is 48.5 Å². The number of hydrogen-bond donors (Lipinski definition) is 2. The van der Waals surface area contributed by atoms with Gasteiger partial charge in [0, 0.05) is 11.4 Å². The summed E-state index contributed by atoms with van der Waals surface area (Å²) in [5.74, 6) is 0.323. The Morgan fingerprint density at radius 3 is 2.68 bits per heavy atom. The highest BCUT2D eigenvalue weighted by molar-refractivity contribution is 6.32. The molecule has 28 heavy (non-hydrogen) atoms. The van der Waals surface area contributed by atoms with E-state index in [1.54, 1.807) is 55.5 Å². The van der Waals surface area contributed by atoms with Crippen LogP contribution in [0.4, 0.5) is 17.3 Å². The molecule has 0 aliphatic carbocycles. The molecule has 0 aliphatic rings. The standard InChI is InChI=1S/C20H16ClN5O2/c1-12-9-17(19(27)24-14-7-8-18(28-2)15(21)10-14)26-20(23-12)25-16-6-4-3-5-13(16)11-22/h3-10H,1-2H3,(H,24,27)(H,23,25,26). The van der Waals surface area contributed by atoms with Crippen molar-refractivity contribution in [3.8, 4) is 11.8 Å². The molecule has 0 bridgehead atoms. The van der Waals surface area contributed by atoms with E-state index in [9.17, 15) is 10.1 Å². The number of hydrogen-bond acceptors (Lipinski definition) is 6. The number of aryl methyl sites for hydroxylation is 1. The molecule has 1 aromatic heterocycles. The van der Waals surface area contributed by atoms with Crippen molar-refractivity contribution in [3.63, 3.8) is 0 Å². The van der Waals surface area contributed by atoms with Crippen molar-refractivity contribution in [2.24, 2.45) is 0 Å². The number of rotatable bonds is 5. The van der Waals surface area contributed by atoms with Crippen LogP contribution in [0.3, 0.4) is 0 Å². The summed E-state index contributed by atoms with van der Waals surface area (Å²) >= 11 is 6.09. The van der Waals surface area contributed by atoms with Crippen LogP contribution in [0, 0.1) is 18.3 Å². The molecular formula is C20H16ClN5O2. The van der Waals surface area contributed by atoms with E-state index < -0.39 is 5.91 Å². The Morgan fingerprint density at radius 2 is 1.96 bits per heavy atom. The van der Waals surface area contributed by atoms with Gasteiger partial charge in [0.15, 0.2) is 0 Å². The SMILES string of the molecule is COc1ccc(NC(=O)c2cc(C)nc(Nc3ccccc3C#N)n2)cc1Cl. The number of amides is 1. The predicted octanol–water partition coefficient (Wildman–Crippen LogP) is 4.31. The average molecular weight is 394 g/mol. The third-order valence-corrected chi connectivity index (χ3v) is 4.09. The van der Waals surface area contributed by atoms with Gasteiger partial charge in [-0.1, -0.05) is 23.7 Å². The average Bonchev–Trinajstić information content (AvgIpc) is 2.68. The van der Waals surface area contributed by atoms with Gasteiger partial charge >= 0.3 is 0 Å². The number of carbonyl (C=O) groups is 1. The normalized spacial score (nSPS) is 10.1. The molecule has 1 heterocycles. The smallest absolute Gasteiger partial charge is 0.274 e. The van der Waals surface area contributed by atoms with E-state index in [2.05, 4.69) is 26.7 Å². The topological polar surface area (TPSA) is 99.9 Å². The number of nitrogens with zero attached hydrogens (tertiary/aromatic N) is 3. The molecule has 0 spiro atoms.